The van der Waals surface area contributed by atoms with E-state index in [-0.39, 0.29) is 5.91 Å². The van der Waals surface area contributed by atoms with Gasteiger partial charge in [0.15, 0.2) is 0 Å². The second-order valence-corrected chi connectivity index (χ2v) is 9.08. The van der Waals surface area contributed by atoms with Gasteiger partial charge in [0, 0.05) is 58.5 Å². The summed E-state index contributed by atoms with van der Waals surface area (Å²) in [5, 5.41) is 2.99. The highest BCUT2D eigenvalue weighted by molar-refractivity contribution is 8.00. The van der Waals surface area contributed by atoms with Gasteiger partial charge in [-0.3, -0.25) is 14.8 Å². The lowest BCUT2D eigenvalue weighted by Crippen LogP contribution is -2.22. The van der Waals surface area contributed by atoms with Gasteiger partial charge in [-0.25, -0.2) is 9.97 Å². The number of nitrogens with one attached hydrogen (secondary N) is 2. The van der Waals surface area contributed by atoms with E-state index in [2.05, 4.69) is 25.0 Å². The monoisotopic (exact) mass is 492 g/mol. The van der Waals surface area contributed by atoms with E-state index < -0.39 is 0 Å². The van der Waals surface area contributed by atoms with Crippen LogP contribution in [0.3, 0.4) is 0 Å². The van der Waals surface area contributed by atoms with E-state index in [1.54, 1.807) is 38.0 Å². The molecule has 4 aromatic heterocycles. The van der Waals surface area contributed by atoms with Gasteiger partial charge in [-0.2, -0.15) is 0 Å². The Hall–Kier alpha value is -4.50. The van der Waals surface area contributed by atoms with Crippen LogP contribution in [-0.2, 0) is 6.54 Å². The van der Waals surface area contributed by atoms with Gasteiger partial charge in [-0.1, -0.05) is 6.07 Å². The number of benzene rings is 1. The van der Waals surface area contributed by atoms with E-state index in [9.17, 15) is 4.79 Å². The number of rotatable bonds is 1. The molecule has 1 aliphatic rings. The molecular formula is C27H20N6O2S. The van der Waals surface area contributed by atoms with Crippen molar-refractivity contribution in [2.75, 3.05) is 11.8 Å². The summed E-state index contributed by atoms with van der Waals surface area (Å²) in [5.41, 5.74) is 7.09. The number of anilines is 1. The number of methoxy groups -OCH3 is 1. The number of carbonyl (C=O) groups excluding carboxylic acids is 1. The fourth-order valence-corrected chi connectivity index (χ4v) is 4.78. The second kappa shape index (κ2) is 9.27. The number of ether oxygens (including phenoxy) is 1. The van der Waals surface area contributed by atoms with E-state index in [4.69, 9.17) is 9.72 Å². The molecule has 36 heavy (non-hydrogen) atoms. The zero-order chi connectivity index (χ0) is 24.5. The van der Waals surface area contributed by atoms with Crippen LogP contribution < -0.4 is 14.8 Å². The van der Waals surface area contributed by atoms with Crippen molar-refractivity contribution in [3.8, 4) is 28.3 Å². The highest BCUT2D eigenvalue weighted by atomic mass is 32.2. The van der Waals surface area contributed by atoms with Crippen LogP contribution in [0.15, 0.2) is 84.3 Å². The van der Waals surface area contributed by atoms with Crippen molar-refractivity contribution in [3.05, 3.63) is 90.5 Å². The van der Waals surface area contributed by atoms with Crippen molar-refractivity contribution < 1.29 is 9.53 Å². The van der Waals surface area contributed by atoms with Gasteiger partial charge in [0.1, 0.15) is 5.69 Å². The molecule has 9 heteroatoms. The van der Waals surface area contributed by atoms with Crippen LogP contribution in [0.2, 0.25) is 0 Å². The van der Waals surface area contributed by atoms with Crippen LogP contribution in [0.5, 0.6) is 5.88 Å². The number of fused-ring (bicyclic) bond motifs is 9. The molecule has 0 aliphatic carbocycles. The van der Waals surface area contributed by atoms with Crippen LogP contribution in [0.25, 0.3) is 33.4 Å². The van der Waals surface area contributed by atoms with Crippen LogP contribution in [0.1, 0.15) is 15.9 Å². The largest absolute Gasteiger partial charge is 0.480 e. The summed E-state index contributed by atoms with van der Waals surface area (Å²) in [6.45, 7) is 0.352. The number of pyridine rings is 4. The Balaban J connectivity index is 1.54. The lowest BCUT2D eigenvalue weighted by Gasteiger charge is -2.13. The molecule has 176 valence electrons. The number of hydrogen-bond donors (Lipinski definition) is 2. The smallest absolute Gasteiger partial charge is 0.251 e. The van der Waals surface area contributed by atoms with Crippen molar-refractivity contribution in [1.82, 2.24) is 25.3 Å². The fraction of sp³-hybridized carbons (Fsp3) is 0.0741. The van der Waals surface area contributed by atoms with Gasteiger partial charge < -0.3 is 14.8 Å². The molecule has 5 aromatic rings. The van der Waals surface area contributed by atoms with E-state index >= 15 is 0 Å². The van der Waals surface area contributed by atoms with Gasteiger partial charge in [0.05, 0.1) is 23.8 Å². The zero-order valence-electron chi connectivity index (χ0n) is 19.2. The number of carbonyl (C=O) groups is 1. The first kappa shape index (κ1) is 22.0. The lowest BCUT2D eigenvalue weighted by molar-refractivity contribution is 0.0950. The maximum absolute atomic E-state index is 12.9. The number of nitrogens with zero attached hydrogens (tertiary/aromatic N) is 4. The van der Waals surface area contributed by atoms with Gasteiger partial charge in [0.25, 0.3) is 5.91 Å². The SMILES string of the molecule is COc1ncc2cc1NSc1cccc(c1)C(=O)NCc1cncc(c1)-c1ccnc3ccc-2nc13. The van der Waals surface area contributed by atoms with Crippen LogP contribution >= 0.6 is 11.9 Å². The molecule has 0 atom stereocenters. The van der Waals surface area contributed by atoms with Crippen molar-refractivity contribution in [2.45, 2.75) is 11.4 Å². The van der Waals surface area contributed by atoms with Gasteiger partial charge in [0.2, 0.25) is 5.88 Å². The summed E-state index contributed by atoms with van der Waals surface area (Å²) < 4.78 is 8.78. The Morgan fingerprint density at radius 2 is 1.89 bits per heavy atom. The lowest BCUT2D eigenvalue weighted by atomic mass is 10.0. The van der Waals surface area contributed by atoms with Crippen molar-refractivity contribution >= 4 is 34.6 Å². The Morgan fingerprint density at radius 3 is 2.81 bits per heavy atom. The fourth-order valence-electron chi connectivity index (χ4n) is 4.08. The van der Waals surface area contributed by atoms with Crippen LogP contribution in [0, 0.1) is 0 Å². The molecule has 0 saturated carbocycles. The summed E-state index contributed by atoms with van der Waals surface area (Å²) >= 11 is 1.37. The number of amides is 1. The molecule has 8 nitrogen and oxygen atoms in total. The molecule has 0 unspecified atom stereocenters. The Labute approximate surface area is 211 Å². The predicted octanol–water partition coefficient (Wildman–Crippen LogP) is 5.13. The predicted molar refractivity (Wildman–Crippen MR) is 140 cm³/mol. The minimum absolute atomic E-state index is 0.161. The van der Waals surface area contributed by atoms with Crippen LogP contribution in [-0.4, -0.2) is 33.0 Å². The Kier molecular flexibility index (Phi) is 5.67. The molecule has 0 fully saturated rings. The average molecular weight is 493 g/mol. The van der Waals surface area contributed by atoms with Gasteiger partial charge in [-0.05, 0) is 66.0 Å². The summed E-state index contributed by atoms with van der Waals surface area (Å²) in [4.78, 5) is 32.1. The number of hydrogen-bond acceptors (Lipinski definition) is 8. The zero-order valence-corrected chi connectivity index (χ0v) is 20.0. The van der Waals surface area contributed by atoms with E-state index in [0.29, 0.717) is 23.7 Å². The minimum atomic E-state index is -0.161. The molecule has 5 heterocycles. The highest BCUT2D eigenvalue weighted by Crippen LogP contribution is 2.33. The maximum Gasteiger partial charge on any atom is 0.251 e. The molecule has 6 rings (SSSR count). The number of aromatic nitrogens is 4. The van der Waals surface area contributed by atoms with E-state index in [1.807, 2.05) is 48.5 Å². The second-order valence-electron chi connectivity index (χ2n) is 8.20. The first-order chi connectivity index (χ1) is 17.7. The molecule has 0 saturated heterocycles. The maximum atomic E-state index is 12.9. The molecule has 1 amide bonds. The Bertz CT molecular complexity index is 1620. The molecule has 0 radical (unpaired) electrons. The third kappa shape index (κ3) is 4.20. The molecule has 1 aliphatic heterocycles. The standard InChI is InChI=1S/C27H20N6O2S/c1-35-27-24-11-19(15-31-27)22-5-6-23-25(32-22)21(7-8-29-23)18-9-16(12-28-14-18)13-30-26(34)17-3-2-4-20(10-17)36-33-24/h2-12,14-15,33H,13H2,1H3,(H,30,34). The van der Waals surface area contributed by atoms with E-state index in [1.165, 1.54) is 11.9 Å². The third-order valence-corrected chi connectivity index (χ3v) is 6.67. The molecule has 1 aromatic carbocycles. The summed E-state index contributed by atoms with van der Waals surface area (Å²) in [6.07, 6.45) is 7.06. The highest BCUT2D eigenvalue weighted by Gasteiger charge is 2.14. The first-order valence-electron chi connectivity index (χ1n) is 11.2. The van der Waals surface area contributed by atoms with Gasteiger partial charge >= 0.3 is 0 Å². The van der Waals surface area contributed by atoms with Gasteiger partial charge in [-0.15, -0.1) is 0 Å². The van der Waals surface area contributed by atoms with Crippen LogP contribution in [0.4, 0.5) is 5.69 Å². The normalized spacial score (nSPS) is 12.9. The first-order valence-corrected chi connectivity index (χ1v) is 12.1. The summed E-state index contributed by atoms with van der Waals surface area (Å²) in [7, 11) is 1.58. The molecular weight excluding hydrogens is 472 g/mol. The van der Waals surface area contributed by atoms with E-state index in [0.717, 1.165) is 43.9 Å². The van der Waals surface area contributed by atoms with Crippen molar-refractivity contribution in [1.29, 1.82) is 0 Å². The Morgan fingerprint density at radius 1 is 0.944 bits per heavy atom. The summed E-state index contributed by atoms with van der Waals surface area (Å²) in [6, 6.07) is 17.2. The van der Waals surface area contributed by atoms with Crippen molar-refractivity contribution in [3.63, 3.8) is 0 Å². The minimum Gasteiger partial charge on any atom is -0.480 e. The molecule has 0 spiro atoms. The molecule has 2 N–H and O–H groups in total. The average Bonchev–Trinajstić information content (AvgIpc) is 2.94. The third-order valence-electron chi connectivity index (χ3n) is 5.86. The molecule has 8 bridgehead atoms. The topological polar surface area (TPSA) is 102 Å². The van der Waals surface area contributed by atoms with Crippen molar-refractivity contribution in [2.24, 2.45) is 0 Å². The quantitative estimate of drug-likeness (QED) is 0.311. The summed E-state index contributed by atoms with van der Waals surface area (Å²) in [5.74, 6) is 0.298.